The Bertz CT molecular complexity index is 676. The van der Waals surface area contributed by atoms with Gasteiger partial charge < -0.3 is 24.8 Å². The number of amides is 1. The van der Waals surface area contributed by atoms with Crippen LogP contribution in [0, 0.1) is 0 Å². The summed E-state index contributed by atoms with van der Waals surface area (Å²) in [7, 11) is 4.70. The molecule has 1 aromatic carbocycles. The van der Waals surface area contributed by atoms with Gasteiger partial charge >= 0.3 is 0 Å². The average Bonchev–Trinajstić information content (AvgIpc) is 2.62. The number of hydrogen-bond acceptors (Lipinski definition) is 7. The number of rotatable bonds is 8. The largest absolute Gasteiger partial charge is 0.493 e. The standard InChI is InChI=1S/C16H20N4O4/c1-22-9-8-17-15-7-5-12(19-20-15)16(21)18-11-4-6-13(23-2)14(10-11)24-3/h4-7,10H,8-9H2,1-3H3,(H,17,20)(H,18,21). The van der Waals surface area contributed by atoms with Crippen molar-refractivity contribution in [2.45, 2.75) is 0 Å². The lowest BCUT2D eigenvalue weighted by atomic mass is 10.2. The van der Waals surface area contributed by atoms with Gasteiger partial charge in [0.05, 0.1) is 20.8 Å². The molecule has 0 fully saturated rings. The fourth-order valence-electron chi connectivity index (χ4n) is 1.94. The number of hydrogen-bond donors (Lipinski definition) is 2. The topological polar surface area (TPSA) is 94.6 Å². The molecular weight excluding hydrogens is 312 g/mol. The monoisotopic (exact) mass is 332 g/mol. The summed E-state index contributed by atoms with van der Waals surface area (Å²) < 4.78 is 15.3. The molecule has 0 radical (unpaired) electrons. The molecule has 0 spiro atoms. The molecule has 8 heteroatoms. The molecule has 0 aliphatic carbocycles. The van der Waals surface area contributed by atoms with Crippen molar-refractivity contribution in [2.75, 3.05) is 45.1 Å². The van der Waals surface area contributed by atoms with Gasteiger partial charge in [0.1, 0.15) is 5.82 Å². The summed E-state index contributed by atoms with van der Waals surface area (Å²) in [5, 5.41) is 13.6. The Labute approximate surface area is 140 Å². The Morgan fingerprint density at radius 3 is 2.46 bits per heavy atom. The van der Waals surface area contributed by atoms with Crippen LogP contribution in [0.3, 0.4) is 0 Å². The van der Waals surface area contributed by atoms with E-state index in [4.69, 9.17) is 14.2 Å². The first-order valence-corrected chi connectivity index (χ1v) is 7.28. The summed E-state index contributed by atoms with van der Waals surface area (Å²) in [5.41, 5.74) is 0.781. The van der Waals surface area contributed by atoms with Crippen molar-refractivity contribution >= 4 is 17.4 Å². The summed E-state index contributed by atoms with van der Waals surface area (Å²) in [4.78, 5) is 12.2. The molecule has 8 nitrogen and oxygen atoms in total. The highest BCUT2D eigenvalue weighted by Gasteiger charge is 2.11. The van der Waals surface area contributed by atoms with Crippen LogP contribution in [0.1, 0.15) is 10.5 Å². The highest BCUT2D eigenvalue weighted by molar-refractivity contribution is 6.02. The van der Waals surface area contributed by atoms with Crippen LogP contribution in [0.25, 0.3) is 0 Å². The minimum Gasteiger partial charge on any atom is -0.493 e. The van der Waals surface area contributed by atoms with E-state index in [0.29, 0.717) is 36.2 Å². The number of anilines is 2. The second-order valence-electron chi connectivity index (χ2n) is 4.75. The Morgan fingerprint density at radius 1 is 1.04 bits per heavy atom. The third-order valence-electron chi connectivity index (χ3n) is 3.15. The molecule has 1 aromatic heterocycles. The van der Waals surface area contributed by atoms with E-state index in [2.05, 4.69) is 20.8 Å². The average molecular weight is 332 g/mol. The van der Waals surface area contributed by atoms with E-state index >= 15 is 0 Å². The van der Waals surface area contributed by atoms with Crippen LogP contribution in [0.15, 0.2) is 30.3 Å². The first kappa shape index (κ1) is 17.5. The lowest BCUT2D eigenvalue weighted by Crippen LogP contribution is -2.15. The zero-order valence-electron chi connectivity index (χ0n) is 13.8. The lowest BCUT2D eigenvalue weighted by Gasteiger charge is -2.10. The van der Waals surface area contributed by atoms with Crippen LogP contribution in [0.5, 0.6) is 11.5 Å². The van der Waals surface area contributed by atoms with Gasteiger partial charge in [-0.2, -0.15) is 0 Å². The maximum Gasteiger partial charge on any atom is 0.276 e. The molecule has 1 amide bonds. The number of carbonyl (C=O) groups excluding carboxylic acids is 1. The van der Waals surface area contributed by atoms with Crippen molar-refractivity contribution in [3.05, 3.63) is 36.0 Å². The molecule has 0 aliphatic rings. The van der Waals surface area contributed by atoms with Gasteiger partial charge in [-0.3, -0.25) is 4.79 Å². The number of benzene rings is 1. The van der Waals surface area contributed by atoms with Crippen LogP contribution in [-0.4, -0.2) is 50.6 Å². The van der Waals surface area contributed by atoms with Crippen molar-refractivity contribution in [3.8, 4) is 11.5 Å². The zero-order valence-corrected chi connectivity index (χ0v) is 13.8. The normalized spacial score (nSPS) is 10.1. The van der Waals surface area contributed by atoms with Crippen LogP contribution >= 0.6 is 0 Å². The maximum atomic E-state index is 12.2. The summed E-state index contributed by atoms with van der Waals surface area (Å²) in [5.74, 6) is 1.33. The minimum absolute atomic E-state index is 0.210. The highest BCUT2D eigenvalue weighted by Crippen LogP contribution is 2.29. The molecule has 1 heterocycles. The number of carbonyl (C=O) groups is 1. The van der Waals surface area contributed by atoms with Gasteiger partial charge in [0.2, 0.25) is 0 Å². The van der Waals surface area contributed by atoms with E-state index < -0.39 is 0 Å². The van der Waals surface area contributed by atoms with Crippen molar-refractivity contribution < 1.29 is 19.0 Å². The SMILES string of the molecule is COCCNc1ccc(C(=O)Nc2ccc(OC)c(OC)c2)nn1. The van der Waals surface area contributed by atoms with Gasteiger partial charge in [0.15, 0.2) is 17.2 Å². The molecule has 128 valence electrons. The van der Waals surface area contributed by atoms with Crippen molar-refractivity contribution in [2.24, 2.45) is 0 Å². The van der Waals surface area contributed by atoms with Gasteiger partial charge in [0, 0.05) is 25.4 Å². The predicted octanol–water partition coefficient (Wildman–Crippen LogP) is 1.80. The molecule has 2 rings (SSSR count). The third kappa shape index (κ3) is 4.56. The second-order valence-corrected chi connectivity index (χ2v) is 4.75. The van der Waals surface area contributed by atoms with Gasteiger partial charge in [-0.15, -0.1) is 10.2 Å². The second kappa shape index (κ2) is 8.68. The van der Waals surface area contributed by atoms with Crippen LogP contribution < -0.4 is 20.1 Å². The highest BCUT2D eigenvalue weighted by atomic mass is 16.5. The van der Waals surface area contributed by atoms with E-state index in [0.717, 1.165) is 0 Å². The molecular formula is C16H20N4O4. The summed E-state index contributed by atoms with van der Waals surface area (Å²) in [6, 6.07) is 8.38. The van der Waals surface area contributed by atoms with Gasteiger partial charge in [-0.1, -0.05) is 0 Å². The van der Waals surface area contributed by atoms with Gasteiger partial charge in [-0.25, -0.2) is 0 Å². The van der Waals surface area contributed by atoms with E-state index in [1.165, 1.54) is 7.11 Å². The molecule has 0 saturated heterocycles. The summed E-state index contributed by atoms with van der Waals surface area (Å²) in [6.07, 6.45) is 0. The van der Waals surface area contributed by atoms with Crippen molar-refractivity contribution in [1.29, 1.82) is 0 Å². The Balaban J connectivity index is 2.01. The summed E-state index contributed by atoms with van der Waals surface area (Å²) >= 11 is 0. The molecule has 0 atom stereocenters. The minimum atomic E-state index is -0.363. The van der Waals surface area contributed by atoms with Crippen LogP contribution in [-0.2, 0) is 4.74 Å². The number of nitrogens with zero attached hydrogens (tertiary/aromatic N) is 2. The fraction of sp³-hybridized carbons (Fsp3) is 0.312. The Hall–Kier alpha value is -2.87. The predicted molar refractivity (Wildman–Crippen MR) is 89.9 cm³/mol. The fourth-order valence-corrected chi connectivity index (χ4v) is 1.94. The van der Waals surface area contributed by atoms with E-state index in [1.54, 1.807) is 44.6 Å². The third-order valence-corrected chi connectivity index (χ3v) is 3.15. The lowest BCUT2D eigenvalue weighted by molar-refractivity contribution is 0.102. The molecule has 2 aromatic rings. The number of ether oxygens (including phenoxy) is 3. The molecule has 0 unspecified atom stereocenters. The summed E-state index contributed by atoms with van der Waals surface area (Å²) in [6.45, 7) is 1.17. The molecule has 0 saturated carbocycles. The van der Waals surface area contributed by atoms with E-state index in [9.17, 15) is 4.79 Å². The van der Waals surface area contributed by atoms with Crippen molar-refractivity contribution in [3.63, 3.8) is 0 Å². The molecule has 0 bridgehead atoms. The van der Waals surface area contributed by atoms with Gasteiger partial charge in [0.25, 0.3) is 5.91 Å². The first-order valence-electron chi connectivity index (χ1n) is 7.28. The van der Waals surface area contributed by atoms with Crippen molar-refractivity contribution in [1.82, 2.24) is 10.2 Å². The van der Waals surface area contributed by atoms with Crippen LogP contribution in [0.2, 0.25) is 0 Å². The molecule has 2 N–H and O–H groups in total. The van der Waals surface area contributed by atoms with E-state index in [1.807, 2.05) is 0 Å². The van der Waals surface area contributed by atoms with Crippen LogP contribution in [0.4, 0.5) is 11.5 Å². The number of methoxy groups -OCH3 is 3. The maximum absolute atomic E-state index is 12.2. The zero-order chi connectivity index (χ0) is 17.4. The first-order chi connectivity index (χ1) is 11.7. The molecule has 0 aliphatic heterocycles. The number of aromatic nitrogens is 2. The Morgan fingerprint density at radius 2 is 1.83 bits per heavy atom. The number of nitrogens with one attached hydrogen (secondary N) is 2. The Kier molecular flexibility index (Phi) is 6.32. The quantitative estimate of drug-likeness (QED) is 0.712. The smallest absolute Gasteiger partial charge is 0.276 e. The van der Waals surface area contributed by atoms with E-state index in [-0.39, 0.29) is 11.6 Å². The molecule has 24 heavy (non-hydrogen) atoms. The van der Waals surface area contributed by atoms with Gasteiger partial charge in [-0.05, 0) is 24.3 Å².